The number of nitrogens with zero attached hydrogens (tertiary/aromatic N) is 1. The summed E-state index contributed by atoms with van der Waals surface area (Å²) in [6.45, 7) is 0.591. The number of benzene rings is 2. The van der Waals surface area contributed by atoms with Crippen molar-refractivity contribution >= 4 is 34.8 Å². The Bertz CT molecular complexity index is 811. The van der Waals surface area contributed by atoms with Gasteiger partial charge in [-0.2, -0.15) is 0 Å². The van der Waals surface area contributed by atoms with E-state index in [0.717, 1.165) is 36.9 Å². The Hall–Kier alpha value is -1.95. The van der Waals surface area contributed by atoms with Crippen LogP contribution in [0.15, 0.2) is 47.5 Å². The van der Waals surface area contributed by atoms with E-state index in [9.17, 15) is 5.11 Å². The number of rotatable bonds is 5. The monoisotopic (exact) mass is 420 g/mol. The standard InChI is InChI=1S/C21H26Cl2N4O/c22-15-7-10-19(17(23)13-15)26-21(27-20-4-2-1-3-18(20)24)25-12-11-14-5-8-16(28)9-6-14/h5-10,13,18,20,28H,1-4,11-12,24H2,(H2,25,26,27)/t18-,20-/m0/s1. The highest BCUT2D eigenvalue weighted by atomic mass is 35.5. The lowest BCUT2D eigenvalue weighted by molar-refractivity contribution is 0.360. The molecule has 3 rings (SSSR count). The Labute approximate surface area is 176 Å². The Kier molecular flexibility index (Phi) is 7.43. The number of hydrogen-bond donors (Lipinski definition) is 4. The smallest absolute Gasteiger partial charge is 0.196 e. The first-order valence-corrected chi connectivity index (χ1v) is 10.3. The van der Waals surface area contributed by atoms with Crippen LogP contribution in [0.25, 0.3) is 0 Å². The van der Waals surface area contributed by atoms with Gasteiger partial charge in [-0.3, -0.25) is 4.99 Å². The molecule has 1 aliphatic carbocycles. The summed E-state index contributed by atoms with van der Waals surface area (Å²) >= 11 is 12.3. The highest BCUT2D eigenvalue weighted by molar-refractivity contribution is 6.36. The lowest BCUT2D eigenvalue weighted by Gasteiger charge is -2.30. The number of nitrogens with one attached hydrogen (secondary N) is 2. The van der Waals surface area contributed by atoms with E-state index in [1.165, 1.54) is 6.42 Å². The molecule has 0 radical (unpaired) electrons. The predicted octanol–water partition coefficient (Wildman–Crippen LogP) is 4.57. The van der Waals surface area contributed by atoms with E-state index in [1.807, 2.05) is 18.2 Å². The van der Waals surface area contributed by atoms with Gasteiger partial charge in [0.05, 0.1) is 10.7 Å². The average Bonchev–Trinajstić information content (AvgIpc) is 2.67. The molecule has 1 saturated carbocycles. The van der Waals surface area contributed by atoms with Gasteiger partial charge >= 0.3 is 0 Å². The number of phenolic OH excluding ortho intramolecular Hbond substituents is 1. The summed E-state index contributed by atoms with van der Waals surface area (Å²) in [6.07, 6.45) is 5.13. The van der Waals surface area contributed by atoms with E-state index in [0.29, 0.717) is 22.5 Å². The normalized spacial score (nSPS) is 20.0. The second-order valence-electron chi connectivity index (χ2n) is 7.10. The molecule has 0 unspecified atom stereocenters. The third-order valence-electron chi connectivity index (χ3n) is 4.93. The van der Waals surface area contributed by atoms with Crippen LogP contribution in [-0.4, -0.2) is 29.7 Å². The molecule has 2 aromatic carbocycles. The molecule has 2 atom stereocenters. The fourth-order valence-corrected chi connectivity index (χ4v) is 3.77. The van der Waals surface area contributed by atoms with Crippen molar-refractivity contribution in [3.8, 4) is 5.75 Å². The molecule has 5 N–H and O–H groups in total. The molecule has 150 valence electrons. The number of phenols is 1. The second kappa shape index (κ2) is 10.0. The molecule has 2 aromatic rings. The summed E-state index contributed by atoms with van der Waals surface area (Å²) in [7, 11) is 0. The molecule has 1 aliphatic rings. The van der Waals surface area contributed by atoms with Gasteiger partial charge in [0, 0.05) is 23.7 Å². The minimum absolute atomic E-state index is 0.110. The first-order valence-electron chi connectivity index (χ1n) is 9.58. The second-order valence-corrected chi connectivity index (χ2v) is 7.94. The maximum absolute atomic E-state index is 9.41. The molecule has 5 nitrogen and oxygen atoms in total. The molecule has 0 amide bonds. The number of anilines is 1. The van der Waals surface area contributed by atoms with Crippen molar-refractivity contribution in [2.75, 3.05) is 11.9 Å². The van der Waals surface area contributed by atoms with Gasteiger partial charge in [-0.15, -0.1) is 0 Å². The Morgan fingerprint density at radius 2 is 1.86 bits per heavy atom. The molecule has 0 aliphatic heterocycles. The molecular formula is C21H26Cl2N4O. The third-order valence-corrected chi connectivity index (χ3v) is 5.48. The molecule has 0 bridgehead atoms. The maximum atomic E-state index is 9.41. The van der Waals surface area contributed by atoms with Crippen LogP contribution < -0.4 is 16.4 Å². The summed E-state index contributed by atoms with van der Waals surface area (Å²) < 4.78 is 0. The van der Waals surface area contributed by atoms with Crippen LogP contribution in [0.1, 0.15) is 31.2 Å². The fourth-order valence-electron chi connectivity index (χ4n) is 3.31. The van der Waals surface area contributed by atoms with Crippen molar-refractivity contribution in [3.05, 3.63) is 58.1 Å². The lowest BCUT2D eigenvalue weighted by Crippen LogP contribution is -2.51. The molecule has 28 heavy (non-hydrogen) atoms. The van der Waals surface area contributed by atoms with Gasteiger partial charge in [-0.05, 0) is 55.2 Å². The minimum atomic E-state index is 0.110. The zero-order valence-corrected chi connectivity index (χ0v) is 17.2. The number of guanidine groups is 1. The van der Waals surface area contributed by atoms with Crippen molar-refractivity contribution in [1.82, 2.24) is 5.32 Å². The van der Waals surface area contributed by atoms with E-state index in [2.05, 4.69) is 10.6 Å². The summed E-state index contributed by atoms with van der Waals surface area (Å²) in [5.41, 5.74) is 8.14. The number of halogens is 2. The van der Waals surface area contributed by atoms with Crippen LogP contribution in [0.4, 0.5) is 5.69 Å². The zero-order valence-electron chi connectivity index (χ0n) is 15.7. The zero-order chi connectivity index (χ0) is 19.9. The van der Waals surface area contributed by atoms with Gasteiger partial charge < -0.3 is 21.5 Å². The van der Waals surface area contributed by atoms with Gasteiger partial charge in [-0.1, -0.05) is 48.2 Å². The Balaban J connectivity index is 1.71. The topological polar surface area (TPSA) is 82.7 Å². The van der Waals surface area contributed by atoms with Crippen LogP contribution in [-0.2, 0) is 6.42 Å². The lowest BCUT2D eigenvalue weighted by atomic mass is 9.91. The summed E-state index contributed by atoms with van der Waals surface area (Å²) in [5.74, 6) is 0.922. The van der Waals surface area contributed by atoms with Gasteiger partial charge in [0.1, 0.15) is 5.75 Å². The summed E-state index contributed by atoms with van der Waals surface area (Å²) in [4.78, 5) is 4.71. The van der Waals surface area contributed by atoms with E-state index < -0.39 is 0 Å². The van der Waals surface area contributed by atoms with Crippen LogP contribution in [0, 0.1) is 0 Å². The molecule has 1 fully saturated rings. The van der Waals surface area contributed by atoms with Crippen LogP contribution in [0.2, 0.25) is 10.0 Å². The minimum Gasteiger partial charge on any atom is -0.508 e. The first kappa shape index (κ1) is 20.8. The average molecular weight is 421 g/mol. The fraction of sp³-hybridized carbons (Fsp3) is 0.381. The van der Waals surface area contributed by atoms with Crippen molar-refractivity contribution in [3.63, 3.8) is 0 Å². The quantitative estimate of drug-likeness (QED) is 0.421. The predicted molar refractivity (Wildman–Crippen MR) is 118 cm³/mol. The number of nitrogens with two attached hydrogens (primary N) is 1. The van der Waals surface area contributed by atoms with Gasteiger partial charge in [0.25, 0.3) is 0 Å². The van der Waals surface area contributed by atoms with E-state index in [-0.39, 0.29) is 17.8 Å². The van der Waals surface area contributed by atoms with Gasteiger partial charge in [0.15, 0.2) is 5.96 Å². The highest BCUT2D eigenvalue weighted by Gasteiger charge is 2.22. The van der Waals surface area contributed by atoms with Gasteiger partial charge in [-0.25, -0.2) is 0 Å². The molecule has 0 saturated heterocycles. The van der Waals surface area contributed by atoms with E-state index >= 15 is 0 Å². The highest BCUT2D eigenvalue weighted by Crippen LogP contribution is 2.25. The molecule has 7 heteroatoms. The van der Waals surface area contributed by atoms with Crippen molar-refractivity contribution in [2.24, 2.45) is 10.7 Å². The van der Waals surface area contributed by atoms with E-state index in [1.54, 1.807) is 24.3 Å². The summed E-state index contributed by atoms with van der Waals surface area (Å²) in [5, 5.41) is 17.3. The van der Waals surface area contributed by atoms with Crippen molar-refractivity contribution < 1.29 is 5.11 Å². The van der Waals surface area contributed by atoms with Crippen molar-refractivity contribution in [2.45, 2.75) is 44.2 Å². The summed E-state index contributed by atoms with van der Waals surface area (Å²) in [6, 6.07) is 12.8. The SMILES string of the molecule is N[C@H]1CCCC[C@@H]1NC(=NCCc1ccc(O)cc1)Nc1ccc(Cl)cc1Cl. The van der Waals surface area contributed by atoms with Gasteiger partial charge in [0.2, 0.25) is 0 Å². The Morgan fingerprint density at radius 1 is 1.11 bits per heavy atom. The largest absolute Gasteiger partial charge is 0.508 e. The Morgan fingerprint density at radius 3 is 2.57 bits per heavy atom. The molecule has 0 aromatic heterocycles. The molecule has 0 spiro atoms. The van der Waals surface area contributed by atoms with Crippen LogP contribution in [0.3, 0.4) is 0 Å². The molecular weight excluding hydrogens is 395 g/mol. The number of aliphatic imine (C=N–C) groups is 1. The number of hydrogen-bond acceptors (Lipinski definition) is 3. The van der Waals surface area contributed by atoms with Crippen molar-refractivity contribution in [1.29, 1.82) is 0 Å². The molecule has 0 heterocycles. The third kappa shape index (κ3) is 6.03. The number of aromatic hydroxyl groups is 1. The van der Waals surface area contributed by atoms with E-state index in [4.69, 9.17) is 33.9 Å². The van der Waals surface area contributed by atoms with Crippen LogP contribution >= 0.6 is 23.2 Å². The van der Waals surface area contributed by atoms with Crippen LogP contribution in [0.5, 0.6) is 5.75 Å². The first-order chi connectivity index (χ1) is 13.5. The maximum Gasteiger partial charge on any atom is 0.196 e.